The molecule has 0 bridgehead atoms. The van der Waals surface area contributed by atoms with E-state index in [4.69, 9.17) is 4.74 Å². The van der Waals surface area contributed by atoms with E-state index in [1.165, 1.54) is 0 Å². The Kier molecular flexibility index (Phi) is 5.83. The molecule has 1 aromatic carbocycles. The molecule has 0 aliphatic carbocycles. The van der Waals surface area contributed by atoms with Crippen LogP contribution in [0, 0.1) is 12.8 Å². The lowest BCUT2D eigenvalue weighted by Gasteiger charge is -2.26. The van der Waals surface area contributed by atoms with Gasteiger partial charge in [0.1, 0.15) is 11.9 Å². The maximum atomic E-state index is 13.2. The number of carbonyl (C=O) groups is 1. The summed E-state index contributed by atoms with van der Waals surface area (Å²) in [6, 6.07) is 11.5. The molecule has 3 heterocycles. The molecule has 2 aliphatic heterocycles. The lowest BCUT2D eigenvalue weighted by molar-refractivity contribution is -0.121. The van der Waals surface area contributed by atoms with Crippen LogP contribution in [0.15, 0.2) is 36.4 Å². The quantitative estimate of drug-likeness (QED) is 0.827. The number of hydrogen-bond acceptors (Lipinski definition) is 6. The second-order valence-electron chi connectivity index (χ2n) is 7.46. The number of aromatic nitrogens is 2. The number of nitrogens with zero attached hydrogens (tertiary/aromatic N) is 3. The molecule has 1 unspecified atom stereocenters. The molecule has 2 N–H and O–H groups in total. The van der Waals surface area contributed by atoms with Crippen molar-refractivity contribution in [2.45, 2.75) is 32.3 Å². The van der Waals surface area contributed by atoms with Crippen LogP contribution in [0.2, 0.25) is 0 Å². The summed E-state index contributed by atoms with van der Waals surface area (Å²) in [5, 5.41) is 15.0. The zero-order valence-corrected chi connectivity index (χ0v) is 16.2. The maximum Gasteiger partial charge on any atom is 0.237 e. The predicted molar refractivity (Wildman–Crippen MR) is 108 cm³/mol. The van der Waals surface area contributed by atoms with Crippen LogP contribution in [0.5, 0.6) is 5.75 Å². The van der Waals surface area contributed by atoms with Gasteiger partial charge in [-0.2, -0.15) is 5.10 Å². The van der Waals surface area contributed by atoms with Crippen molar-refractivity contribution in [1.82, 2.24) is 20.8 Å². The third kappa shape index (κ3) is 4.31. The zero-order valence-electron chi connectivity index (χ0n) is 16.2. The molecule has 28 heavy (non-hydrogen) atoms. The summed E-state index contributed by atoms with van der Waals surface area (Å²) in [5.41, 5.74) is 1.61. The van der Waals surface area contributed by atoms with E-state index in [0.717, 1.165) is 56.0 Å². The number of hydrogen-bond donors (Lipinski definition) is 2. The average Bonchev–Trinajstić information content (AvgIpc) is 3.27. The van der Waals surface area contributed by atoms with Crippen LogP contribution >= 0.6 is 0 Å². The highest BCUT2D eigenvalue weighted by Crippen LogP contribution is 2.29. The topological polar surface area (TPSA) is 79.4 Å². The largest absolute Gasteiger partial charge is 0.490 e. The first kappa shape index (κ1) is 18.8. The summed E-state index contributed by atoms with van der Waals surface area (Å²) >= 11 is 0. The van der Waals surface area contributed by atoms with Crippen molar-refractivity contribution in [3.8, 4) is 5.75 Å². The van der Waals surface area contributed by atoms with Crippen molar-refractivity contribution < 1.29 is 9.53 Å². The highest BCUT2D eigenvalue weighted by molar-refractivity contribution is 6.01. The molecule has 2 saturated heterocycles. The second-order valence-corrected chi connectivity index (χ2v) is 7.46. The van der Waals surface area contributed by atoms with Gasteiger partial charge in [-0.1, -0.05) is 0 Å². The Labute approximate surface area is 165 Å². The molecule has 1 amide bonds. The fourth-order valence-corrected chi connectivity index (χ4v) is 3.71. The van der Waals surface area contributed by atoms with E-state index in [0.29, 0.717) is 12.4 Å². The minimum absolute atomic E-state index is 0.0474. The van der Waals surface area contributed by atoms with Gasteiger partial charge in [0.2, 0.25) is 5.91 Å². The standard InChI is InChI=1S/C21H27N5O2/c1-15-2-7-20(25-24-15)26(21(27)16-8-11-23-14-16)17-3-5-18(6-4-17)28-19-9-12-22-13-10-19/h2-7,16,19,22-23H,8-14H2,1H3. The monoisotopic (exact) mass is 381 g/mol. The first-order valence-corrected chi connectivity index (χ1v) is 10.0. The van der Waals surface area contributed by atoms with Crippen molar-refractivity contribution in [3.05, 3.63) is 42.1 Å². The number of piperidine rings is 1. The summed E-state index contributed by atoms with van der Waals surface area (Å²) in [5.74, 6) is 1.39. The average molecular weight is 381 g/mol. The van der Waals surface area contributed by atoms with Gasteiger partial charge in [0, 0.05) is 6.54 Å². The number of benzene rings is 1. The summed E-state index contributed by atoms with van der Waals surface area (Å²) < 4.78 is 6.09. The third-order valence-electron chi connectivity index (χ3n) is 5.33. The number of anilines is 2. The number of carbonyl (C=O) groups excluding carboxylic acids is 1. The Balaban J connectivity index is 1.56. The molecule has 7 nitrogen and oxygen atoms in total. The van der Waals surface area contributed by atoms with Crippen LogP contribution in [-0.4, -0.2) is 48.4 Å². The Morgan fingerprint density at radius 1 is 1.00 bits per heavy atom. The van der Waals surface area contributed by atoms with Crippen molar-refractivity contribution in [1.29, 1.82) is 0 Å². The number of rotatable bonds is 5. The normalized spacial score (nSPS) is 20.1. The van der Waals surface area contributed by atoms with Gasteiger partial charge in [-0.25, -0.2) is 0 Å². The third-order valence-corrected chi connectivity index (χ3v) is 5.33. The van der Waals surface area contributed by atoms with Crippen molar-refractivity contribution in [2.24, 2.45) is 5.92 Å². The van der Waals surface area contributed by atoms with E-state index in [1.54, 1.807) is 4.90 Å². The Bertz CT molecular complexity index is 781. The van der Waals surface area contributed by atoms with Gasteiger partial charge in [0.15, 0.2) is 5.82 Å². The predicted octanol–water partition coefficient (Wildman–Crippen LogP) is 2.19. The minimum atomic E-state index is -0.0474. The van der Waals surface area contributed by atoms with Gasteiger partial charge in [-0.15, -0.1) is 5.10 Å². The summed E-state index contributed by atoms with van der Waals surface area (Å²) in [4.78, 5) is 14.9. The fourth-order valence-electron chi connectivity index (χ4n) is 3.71. The van der Waals surface area contributed by atoms with Crippen LogP contribution in [-0.2, 0) is 4.79 Å². The molecule has 7 heteroatoms. The molecule has 2 aliphatic rings. The van der Waals surface area contributed by atoms with Crippen molar-refractivity contribution in [2.75, 3.05) is 31.1 Å². The SMILES string of the molecule is Cc1ccc(N(C(=O)C2CCNC2)c2ccc(OC3CCNCC3)cc2)nn1. The van der Waals surface area contributed by atoms with Crippen LogP contribution < -0.4 is 20.3 Å². The second kappa shape index (κ2) is 8.67. The molecule has 0 radical (unpaired) electrons. The van der Waals surface area contributed by atoms with Gasteiger partial charge in [0.25, 0.3) is 0 Å². The number of nitrogens with one attached hydrogen (secondary N) is 2. The Morgan fingerprint density at radius 3 is 2.39 bits per heavy atom. The summed E-state index contributed by atoms with van der Waals surface area (Å²) in [6.07, 6.45) is 3.11. The van der Waals surface area contributed by atoms with Gasteiger partial charge >= 0.3 is 0 Å². The van der Waals surface area contributed by atoms with E-state index in [-0.39, 0.29) is 17.9 Å². The first-order valence-electron chi connectivity index (χ1n) is 10.0. The Morgan fingerprint density at radius 2 is 1.75 bits per heavy atom. The van der Waals surface area contributed by atoms with Gasteiger partial charge in [0.05, 0.1) is 17.3 Å². The minimum Gasteiger partial charge on any atom is -0.490 e. The molecule has 2 fully saturated rings. The first-order chi connectivity index (χ1) is 13.7. The van der Waals surface area contributed by atoms with Gasteiger partial charge < -0.3 is 15.4 Å². The summed E-state index contributed by atoms with van der Waals surface area (Å²) in [6.45, 7) is 5.44. The molecule has 4 rings (SSSR count). The fraction of sp³-hybridized carbons (Fsp3) is 0.476. The van der Waals surface area contributed by atoms with E-state index in [2.05, 4.69) is 20.8 Å². The van der Waals surface area contributed by atoms with Crippen LogP contribution in [0.25, 0.3) is 0 Å². The molecule has 2 aromatic rings. The van der Waals surface area contributed by atoms with Crippen LogP contribution in [0.3, 0.4) is 0 Å². The van der Waals surface area contributed by atoms with E-state index in [9.17, 15) is 4.79 Å². The van der Waals surface area contributed by atoms with Crippen molar-refractivity contribution in [3.63, 3.8) is 0 Å². The van der Waals surface area contributed by atoms with E-state index < -0.39 is 0 Å². The van der Waals surface area contributed by atoms with E-state index in [1.807, 2.05) is 43.3 Å². The highest BCUT2D eigenvalue weighted by atomic mass is 16.5. The zero-order chi connectivity index (χ0) is 19.3. The van der Waals surface area contributed by atoms with Gasteiger partial charge in [-0.3, -0.25) is 9.69 Å². The Hall–Kier alpha value is -2.51. The lowest BCUT2D eigenvalue weighted by Crippen LogP contribution is -2.34. The molecule has 0 saturated carbocycles. The molecule has 1 atom stereocenters. The molecule has 148 valence electrons. The number of aryl methyl sites for hydroxylation is 1. The van der Waals surface area contributed by atoms with Gasteiger partial charge in [-0.05, 0) is 82.2 Å². The highest BCUT2D eigenvalue weighted by Gasteiger charge is 2.30. The number of amides is 1. The van der Waals surface area contributed by atoms with Crippen LogP contribution in [0.4, 0.5) is 11.5 Å². The van der Waals surface area contributed by atoms with Crippen molar-refractivity contribution >= 4 is 17.4 Å². The number of ether oxygens (including phenoxy) is 1. The van der Waals surface area contributed by atoms with E-state index >= 15 is 0 Å². The summed E-state index contributed by atoms with van der Waals surface area (Å²) in [7, 11) is 0. The maximum absolute atomic E-state index is 13.2. The molecular weight excluding hydrogens is 354 g/mol. The molecular formula is C21H27N5O2. The molecule has 1 aromatic heterocycles. The smallest absolute Gasteiger partial charge is 0.237 e. The molecule has 0 spiro atoms. The van der Waals surface area contributed by atoms with Crippen LogP contribution in [0.1, 0.15) is 25.0 Å². The lowest BCUT2D eigenvalue weighted by atomic mass is 10.1.